The Hall–Kier alpha value is -1.27. The van der Waals surface area contributed by atoms with Crippen LogP contribution in [0.1, 0.15) is 19.4 Å². The zero-order valence-electron chi connectivity index (χ0n) is 11.9. The van der Waals surface area contributed by atoms with Crippen molar-refractivity contribution in [3.8, 4) is 0 Å². The van der Waals surface area contributed by atoms with Crippen molar-refractivity contribution >= 4 is 22.9 Å². The molecule has 1 saturated heterocycles. The Balaban J connectivity index is 2.36. The van der Waals surface area contributed by atoms with Crippen LogP contribution in [0.3, 0.4) is 0 Å². The number of halogens is 2. The van der Waals surface area contributed by atoms with Gasteiger partial charge in [-0.1, -0.05) is 12.2 Å². The first-order valence-corrected chi connectivity index (χ1v) is 6.97. The average molecular weight is 299 g/mol. The summed E-state index contributed by atoms with van der Waals surface area (Å²) >= 11 is 4.76. The molecule has 2 N–H and O–H groups in total. The van der Waals surface area contributed by atoms with E-state index in [1.165, 1.54) is 12.1 Å². The molecule has 1 aliphatic rings. The summed E-state index contributed by atoms with van der Waals surface area (Å²) in [5.74, 6) is -1.23. The molecule has 2 rings (SSSR count). The molecule has 2 unspecified atom stereocenters. The Kier molecular flexibility index (Phi) is 4.25. The summed E-state index contributed by atoms with van der Waals surface area (Å²) in [6, 6.07) is 2.86. The number of anilines is 1. The Morgan fingerprint density at radius 3 is 2.05 bits per heavy atom. The largest absolute Gasteiger partial charge is 0.389 e. The molecule has 0 aromatic heterocycles. The van der Waals surface area contributed by atoms with Crippen LogP contribution in [0.25, 0.3) is 0 Å². The van der Waals surface area contributed by atoms with E-state index in [9.17, 15) is 8.78 Å². The van der Waals surface area contributed by atoms with Gasteiger partial charge in [0.25, 0.3) is 0 Å². The van der Waals surface area contributed by atoms with Gasteiger partial charge in [-0.25, -0.2) is 8.78 Å². The van der Waals surface area contributed by atoms with Crippen LogP contribution in [-0.4, -0.2) is 42.1 Å². The summed E-state index contributed by atoms with van der Waals surface area (Å²) in [5, 5.41) is 0. The van der Waals surface area contributed by atoms with Crippen LogP contribution in [0.4, 0.5) is 14.5 Å². The molecule has 1 aliphatic heterocycles. The lowest BCUT2D eigenvalue weighted by Gasteiger charge is -2.43. The van der Waals surface area contributed by atoms with E-state index in [1.807, 2.05) is 20.9 Å². The molecule has 1 heterocycles. The summed E-state index contributed by atoms with van der Waals surface area (Å²) in [5.41, 5.74) is 5.65. The van der Waals surface area contributed by atoms with Gasteiger partial charge in [0.15, 0.2) is 0 Å². The van der Waals surface area contributed by atoms with Crippen LogP contribution in [0, 0.1) is 11.6 Å². The molecule has 2 atom stereocenters. The molecule has 110 valence electrons. The molecule has 0 saturated carbocycles. The number of benzene rings is 1. The molecule has 0 radical (unpaired) electrons. The number of piperazine rings is 1. The van der Waals surface area contributed by atoms with Crippen LogP contribution in [0.15, 0.2) is 12.1 Å². The SMILES string of the molecule is CC1CN(c2c(F)cc(C(N)=S)cc2F)CC(C)N1C. The minimum Gasteiger partial charge on any atom is -0.389 e. The zero-order chi connectivity index (χ0) is 15.0. The minimum atomic E-state index is -0.614. The summed E-state index contributed by atoms with van der Waals surface area (Å²) in [7, 11) is 2.02. The van der Waals surface area contributed by atoms with E-state index in [0.29, 0.717) is 13.1 Å². The van der Waals surface area contributed by atoms with E-state index < -0.39 is 11.6 Å². The van der Waals surface area contributed by atoms with Crippen molar-refractivity contribution in [1.82, 2.24) is 4.90 Å². The monoisotopic (exact) mass is 299 g/mol. The number of thiocarbonyl (C=S) groups is 1. The molecule has 0 aliphatic carbocycles. The quantitative estimate of drug-likeness (QED) is 0.848. The third-order valence-electron chi connectivity index (χ3n) is 3.98. The summed E-state index contributed by atoms with van der Waals surface area (Å²) in [6.45, 7) is 5.26. The van der Waals surface area contributed by atoms with E-state index >= 15 is 0 Å². The summed E-state index contributed by atoms with van der Waals surface area (Å²) < 4.78 is 28.4. The second kappa shape index (κ2) is 5.61. The number of hydrogen-bond acceptors (Lipinski definition) is 3. The highest BCUT2D eigenvalue weighted by molar-refractivity contribution is 7.80. The predicted octanol–water partition coefficient (Wildman–Crippen LogP) is 2.13. The lowest BCUT2D eigenvalue weighted by atomic mass is 10.1. The lowest BCUT2D eigenvalue weighted by Crippen LogP contribution is -2.55. The van der Waals surface area contributed by atoms with Crippen LogP contribution >= 0.6 is 12.2 Å². The van der Waals surface area contributed by atoms with Gasteiger partial charge in [-0.15, -0.1) is 0 Å². The molecule has 1 fully saturated rings. The van der Waals surface area contributed by atoms with Crippen LogP contribution in [0.2, 0.25) is 0 Å². The molecule has 1 aromatic carbocycles. The lowest BCUT2D eigenvalue weighted by molar-refractivity contribution is 0.169. The predicted molar refractivity (Wildman–Crippen MR) is 81.1 cm³/mol. The Bertz CT molecular complexity index is 500. The maximum Gasteiger partial charge on any atom is 0.150 e. The number of likely N-dealkylation sites (N-methyl/N-ethyl adjacent to an activating group) is 1. The van der Waals surface area contributed by atoms with Gasteiger partial charge in [0, 0.05) is 30.7 Å². The molecular weight excluding hydrogens is 280 g/mol. The molecule has 6 heteroatoms. The van der Waals surface area contributed by atoms with Gasteiger partial charge in [0.2, 0.25) is 0 Å². The fraction of sp³-hybridized carbons (Fsp3) is 0.500. The van der Waals surface area contributed by atoms with Crippen molar-refractivity contribution in [3.05, 3.63) is 29.3 Å². The van der Waals surface area contributed by atoms with Crippen LogP contribution in [0.5, 0.6) is 0 Å². The second-order valence-electron chi connectivity index (χ2n) is 5.42. The van der Waals surface area contributed by atoms with Gasteiger partial charge in [0.1, 0.15) is 22.3 Å². The van der Waals surface area contributed by atoms with Gasteiger partial charge >= 0.3 is 0 Å². The van der Waals surface area contributed by atoms with Crippen LogP contribution < -0.4 is 10.6 Å². The molecular formula is C14H19F2N3S. The number of nitrogens with zero attached hydrogens (tertiary/aromatic N) is 2. The molecule has 0 bridgehead atoms. The van der Waals surface area contributed by atoms with Gasteiger partial charge in [0.05, 0.1) is 0 Å². The number of hydrogen-bond donors (Lipinski definition) is 1. The smallest absolute Gasteiger partial charge is 0.150 e. The highest BCUT2D eigenvalue weighted by Crippen LogP contribution is 2.28. The minimum absolute atomic E-state index is 0.00513. The van der Waals surface area contributed by atoms with Crippen molar-refractivity contribution in [1.29, 1.82) is 0 Å². The average Bonchev–Trinajstić information content (AvgIpc) is 2.34. The van der Waals surface area contributed by atoms with Crippen molar-refractivity contribution in [2.24, 2.45) is 5.73 Å². The molecule has 0 amide bonds. The molecule has 20 heavy (non-hydrogen) atoms. The highest BCUT2D eigenvalue weighted by Gasteiger charge is 2.29. The fourth-order valence-electron chi connectivity index (χ4n) is 2.60. The Morgan fingerprint density at radius 1 is 1.20 bits per heavy atom. The standard InChI is InChI=1S/C14H19F2N3S/c1-8-6-19(7-9(2)18(8)3)13-11(15)4-10(14(17)20)5-12(13)16/h4-5,8-9H,6-7H2,1-3H3,(H2,17,20). The van der Waals surface area contributed by atoms with Crippen molar-refractivity contribution in [3.63, 3.8) is 0 Å². The van der Waals surface area contributed by atoms with E-state index in [2.05, 4.69) is 4.90 Å². The van der Waals surface area contributed by atoms with E-state index in [1.54, 1.807) is 4.90 Å². The van der Waals surface area contributed by atoms with Crippen molar-refractivity contribution in [2.45, 2.75) is 25.9 Å². The first-order valence-electron chi connectivity index (χ1n) is 6.57. The first-order chi connectivity index (χ1) is 9.31. The number of rotatable bonds is 2. The third kappa shape index (κ3) is 2.76. The molecule has 0 spiro atoms. The second-order valence-corrected chi connectivity index (χ2v) is 5.86. The van der Waals surface area contributed by atoms with E-state index in [-0.39, 0.29) is 28.3 Å². The van der Waals surface area contributed by atoms with Gasteiger partial charge in [-0.3, -0.25) is 4.90 Å². The summed E-state index contributed by atoms with van der Waals surface area (Å²) in [4.78, 5) is 3.95. The third-order valence-corrected chi connectivity index (χ3v) is 4.21. The highest BCUT2D eigenvalue weighted by atomic mass is 32.1. The maximum absolute atomic E-state index is 14.2. The molecule has 3 nitrogen and oxygen atoms in total. The number of nitrogens with two attached hydrogens (primary N) is 1. The first kappa shape index (κ1) is 15.1. The normalized spacial score (nSPS) is 23.9. The summed E-state index contributed by atoms with van der Waals surface area (Å²) in [6.07, 6.45) is 0. The van der Waals surface area contributed by atoms with Crippen LogP contribution in [-0.2, 0) is 0 Å². The van der Waals surface area contributed by atoms with E-state index in [0.717, 1.165) is 0 Å². The topological polar surface area (TPSA) is 32.5 Å². The van der Waals surface area contributed by atoms with Gasteiger partial charge < -0.3 is 10.6 Å². The zero-order valence-corrected chi connectivity index (χ0v) is 12.7. The van der Waals surface area contributed by atoms with Crippen molar-refractivity contribution < 1.29 is 8.78 Å². The van der Waals surface area contributed by atoms with Crippen molar-refractivity contribution in [2.75, 3.05) is 25.0 Å². The van der Waals surface area contributed by atoms with Gasteiger partial charge in [-0.2, -0.15) is 0 Å². The molecule has 1 aromatic rings. The Labute approximate surface area is 123 Å². The van der Waals surface area contributed by atoms with Gasteiger partial charge in [-0.05, 0) is 33.0 Å². The maximum atomic E-state index is 14.2. The Morgan fingerprint density at radius 2 is 1.65 bits per heavy atom. The fourth-order valence-corrected chi connectivity index (χ4v) is 2.71. The van der Waals surface area contributed by atoms with E-state index in [4.69, 9.17) is 18.0 Å².